The predicted molar refractivity (Wildman–Crippen MR) is 81.0 cm³/mol. The summed E-state index contributed by atoms with van der Waals surface area (Å²) in [5.41, 5.74) is 1.00. The molecule has 1 saturated heterocycles. The average Bonchev–Trinajstić information content (AvgIpc) is 2.51. The van der Waals surface area contributed by atoms with Crippen molar-refractivity contribution in [3.63, 3.8) is 0 Å². The lowest BCUT2D eigenvalue weighted by Gasteiger charge is -2.34. The third-order valence-corrected chi connectivity index (χ3v) is 3.81. The zero-order chi connectivity index (χ0) is 15.2. The number of hydrogen-bond donors (Lipinski definition) is 0. The van der Waals surface area contributed by atoms with E-state index in [0.717, 1.165) is 17.7 Å². The molecule has 0 saturated carbocycles. The van der Waals surface area contributed by atoms with Gasteiger partial charge in [0.1, 0.15) is 5.75 Å². The van der Waals surface area contributed by atoms with Crippen molar-refractivity contribution in [1.82, 2.24) is 4.90 Å². The molecule has 0 unspecified atom stereocenters. The Balaban J connectivity index is 2.13. The molecule has 4 heteroatoms. The summed E-state index contributed by atoms with van der Waals surface area (Å²) in [5, 5.41) is 0. The van der Waals surface area contributed by atoms with Gasteiger partial charge >= 0.3 is 0 Å². The van der Waals surface area contributed by atoms with E-state index in [1.165, 1.54) is 0 Å². The van der Waals surface area contributed by atoms with Gasteiger partial charge in [-0.25, -0.2) is 0 Å². The Kier molecular flexibility index (Phi) is 5.14. The highest BCUT2D eigenvalue weighted by molar-refractivity contribution is 5.95. The number of ketones is 1. The van der Waals surface area contributed by atoms with Gasteiger partial charge in [0, 0.05) is 19.4 Å². The molecule has 21 heavy (non-hydrogen) atoms. The van der Waals surface area contributed by atoms with Crippen molar-refractivity contribution >= 4 is 11.7 Å². The van der Waals surface area contributed by atoms with Gasteiger partial charge in [0.25, 0.3) is 0 Å². The zero-order valence-electron chi connectivity index (χ0n) is 12.4. The number of hydrogen-bond acceptors (Lipinski definition) is 3. The molecule has 0 aromatic heterocycles. The number of methoxy groups -OCH3 is 1. The van der Waals surface area contributed by atoms with Crippen LogP contribution in [0.1, 0.15) is 31.2 Å². The minimum atomic E-state index is -0.314. The summed E-state index contributed by atoms with van der Waals surface area (Å²) in [6, 6.07) is 7.27. The van der Waals surface area contributed by atoms with Crippen molar-refractivity contribution in [2.45, 2.75) is 38.3 Å². The minimum Gasteiger partial charge on any atom is -0.497 e. The fourth-order valence-corrected chi connectivity index (χ4v) is 2.61. The van der Waals surface area contributed by atoms with Crippen LogP contribution in [0.2, 0.25) is 0 Å². The van der Waals surface area contributed by atoms with Crippen LogP contribution in [0.3, 0.4) is 0 Å². The number of nitrogens with zero attached hydrogens (tertiary/aromatic N) is 1. The molecule has 2 rings (SSSR count). The fourth-order valence-electron chi connectivity index (χ4n) is 2.61. The third-order valence-electron chi connectivity index (χ3n) is 3.81. The number of piperidine rings is 1. The molecule has 1 aromatic rings. The van der Waals surface area contributed by atoms with Crippen molar-refractivity contribution < 1.29 is 14.3 Å². The van der Waals surface area contributed by atoms with Crippen LogP contribution in [0.25, 0.3) is 0 Å². The maximum Gasteiger partial charge on any atom is 0.223 e. The molecule has 1 heterocycles. The Morgan fingerprint density at radius 1 is 1.29 bits per heavy atom. The third kappa shape index (κ3) is 3.72. The summed E-state index contributed by atoms with van der Waals surface area (Å²) >= 11 is 0. The highest BCUT2D eigenvalue weighted by atomic mass is 16.5. The summed E-state index contributed by atoms with van der Waals surface area (Å²) in [4.78, 5) is 26.0. The molecular weight excluding hydrogens is 266 g/mol. The lowest BCUT2D eigenvalue weighted by Crippen LogP contribution is -2.48. The van der Waals surface area contributed by atoms with E-state index in [9.17, 15) is 9.59 Å². The Morgan fingerprint density at radius 3 is 2.62 bits per heavy atom. The average molecular weight is 287 g/mol. The van der Waals surface area contributed by atoms with Gasteiger partial charge in [-0.05, 0) is 30.5 Å². The molecule has 0 N–H and O–H groups in total. The van der Waals surface area contributed by atoms with Gasteiger partial charge in [0.15, 0.2) is 5.78 Å². The summed E-state index contributed by atoms with van der Waals surface area (Å²) in [6.45, 7) is 4.16. The number of rotatable bonds is 6. The van der Waals surface area contributed by atoms with Crippen molar-refractivity contribution in [2.75, 3.05) is 7.11 Å². The highest BCUT2D eigenvalue weighted by Gasteiger charge is 2.33. The second kappa shape index (κ2) is 7.07. The van der Waals surface area contributed by atoms with Crippen LogP contribution in [0.15, 0.2) is 36.9 Å². The van der Waals surface area contributed by atoms with Gasteiger partial charge in [0.2, 0.25) is 5.91 Å². The second-order valence-electron chi connectivity index (χ2n) is 5.22. The fraction of sp³-hybridized carbons (Fsp3) is 0.412. The van der Waals surface area contributed by atoms with Crippen molar-refractivity contribution in [2.24, 2.45) is 0 Å². The van der Waals surface area contributed by atoms with Crippen molar-refractivity contribution in [3.8, 4) is 5.75 Å². The zero-order valence-corrected chi connectivity index (χ0v) is 12.4. The van der Waals surface area contributed by atoms with Gasteiger partial charge in [0.05, 0.1) is 13.2 Å². The van der Waals surface area contributed by atoms with E-state index >= 15 is 0 Å². The van der Waals surface area contributed by atoms with Crippen molar-refractivity contribution in [3.05, 3.63) is 42.5 Å². The second-order valence-corrected chi connectivity index (χ2v) is 5.22. The van der Waals surface area contributed by atoms with Crippen LogP contribution in [0, 0.1) is 0 Å². The number of allylic oxidation sites excluding steroid dienone is 1. The molecule has 1 fully saturated rings. The summed E-state index contributed by atoms with van der Waals surface area (Å²) in [5.74, 6) is 0.993. The monoisotopic (exact) mass is 287 g/mol. The van der Waals surface area contributed by atoms with E-state index in [4.69, 9.17) is 4.74 Å². The van der Waals surface area contributed by atoms with E-state index in [1.807, 2.05) is 24.3 Å². The molecule has 0 spiro atoms. The SMILES string of the molecule is C=CCC[C@H]1C(=O)CCC(=O)N1Cc1ccc(OC)cc1. The van der Waals surface area contributed by atoms with Gasteiger partial charge in [-0.1, -0.05) is 18.2 Å². The molecule has 1 aliphatic rings. The van der Waals surface area contributed by atoms with E-state index in [2.05, 4.69) is 6.58 Å². The van der Waals surface area contributed by atoms with Gasteiger partial charge in [-0.2, -0.15) is 0 Å². The van der Waals surface area contributed by atoms with Crippen LogP contribution in [-0.4, -0.2) is 29.7 Å². The first-order valence-electron chi connectivity index (χ1n) is 7.21. The molecular formula is C17H21NO3. The number of amides is 1. The molecule has 1 aromatic carbocycles. The summed E-state index contributed by atoms with van der Waals surface area (Å²) in [6.07, 6.45) is 3.87. The van der Waals surface area contributed by atoms with Gasteiger partial charge in [-0.15, -0.1) is 6.58 Å². The van der Waals surface area contributed by atoms with Gasteiger partial charge < -0.3 is 9.64 Å². The number of carbonyl (C=O) groups excluding carboxylic acids is 2. The maximum absolute atomic E-state index is 12.2. The largest absolute Gasteiger partial charge is 0.497 e. The Morgan fingerprint density at radius 2 is 2.00 bits per heavy atom. The van der Waals surface area contributed by atoms with Crippen LogP contribution < -0.4 is 4.74 Å². The Bertz CT molecular complexity index is 521. The van der Waals surface area contributed by atoms with E-state index in [0.29, 0.717) is 25.8 Å². The maximum atomic E-state index is 12.2. The number of likely N-dealkylation sites (tertiary alicyclic amines) is 1. The van der Waals surface area contributed by atoms with Gasteiger partial charge in [-0.3, -0.25) is 9.59 Å². The number of Topliss-reactive ketones (excluding diaryl/α,β-unsaturated/α-hetero) is 1. The van der Waals surface area contributed by atoms with Crippen LogP contribution in [0.4, 0.5) is 0 Å². The number of carbonyl (C=O) groups is 2. The number of benzene rings is 1. The molecule has 0 aliphatic carbocycles. The molecule has 0 radical (unpaired) electrons. The summed E-state index contributed by atoms with van der Waals surface area (Å²) < 4.78 is 5.13. The lowest BCUT2D eigenvalue weighted by atomic mass is 9.95. The Hall–Kier alpha value is -2.10. The molecule has 1 atom stereocenters. The first-order valence-corrected chi connectivity index (χ1v) is 7.21. The van der Waals surface area contributed by atoms with E-state index in [-0.39, 0.29) is 17.7 Å². The number of ether oxygens (including phenoxy) is 1. The highest BCUT2D eigenvalue weighted by Crippen LogP contribution is 2.22. The first kappa shape index (κ1) is 15.3. The molecule has 112 valence electrons. The van der Waals surface area contributed by atoms with E-state index < -0.39 is 0 Å². The van der Waals surface area contributed by atoms with Crippen LogP contribution in [0.5, 0.6) is 5.75 Å². The predicted octanol–water partition coefficient (Wildman–Crippen LogP) is 2.72. The smallest absolute Gasteiger partial charge is 0.223 e. The standard InChI is InChI=1S/C17H21NO3/c1-3-4-5-15-16(19)10-11-17(20)18(15)12-13-6-8-14(21-2)9-7-13/h3,6-9,15H,1,4-5,10-12H2,2H3/t15-/m0/s1. The van der Waals surface area contributed by atoms with E-state index in [1.54, 1.807) is 18.1 Å². The first-order chi connectivity index (χ1) is 10.2. The molecule has 1 aliphatic heterocycles. The van der Waals surface area contributed by atoms with Crippen LogP contribution in [-0.2, 0) is 16.1 Å². The lowest BCUT2D eigenvalue weighted by molar-refractivity contribution is -0.146. The molecule has 1 amide bonds. The minimum absolute atomic E-state index is 0.0551. The quantitative estimate of drug-likeness (QED) is 0.756. The topological polar surface area (TPSA) is 46.6 Å². The normalized spacial score (nSPS) is 18.7. The Labute approximate surface area is 125 Å². The van der Waals surface area contributed by atoms with Crippen molar-refractivity contribution in [1.29, 1.82) is 0 Å². The summed E-state index contributed by atoms with van der Waals surface area (Å²) in [7, 11) is 1.62. The van der Waals surface area contributed by atoms with Crippen LogP contribution >= 0.6 is 0 Å². The molecule has 0 bridgehead atoms. The molecule has 4 nitrogen and oxygen atoms in total.